The molecule has 3 aromatic heterocycles. The number of aryl methyl sites for hydroxylation is 1. The van der Waals surface area contributed by atoms with Crippen LogP contribution in [-0.4, -0.2) is 52.6 Å². The first-order valence-electron chi connectivity index (χ1n) is 10.8. The lowest BCUT2D eigenvalue weighted by Gasteiger charge is -2.29. The van der Waals surface area contributed by atoms with Gasteiger partial charge in [0.05, 0.1) is 17.6 Å². The molecular weight excluding hydrogens is 475 g/mol. The maximum Gasteiger partial charge on any atom is 0.235 e. The number of imidazole rings is 1. The Kier molecular flexibility index (Phi) is 6.97. The van der Waals surface area contributed by atoms with Crippen LogP contribution in [0, 0.1) is 17.1 Å². The van der Waals surface area contributed by atoms with Crippen molar-refractivity contribution in [3.63, 3.8) is 0 Å². The number of fused-ring (bicyclic) bond motifs is 1. The van der Waals surface area contributed by atoms with Gasteiger partial charge in [-0.25, -0.2) is 19.3 Å². The summed E-state index contributed by atoms with van der Waals surface area (Å²) >= 11 is 1.30. The van der Waals surface area contributed by atoms with Crippen LogP contribution < -0.4 is 15.1 Å². The van der Waals surface area contributed by atoms with Gasteiger partial charge >= 0.3 is 0 Å². The summed E-state index contributed by atoms with van der Waals surface area (Å²) in [4.78, 5) is 18.8. The lowest BCUT2D eigenvalue weighted by atomic mass is 10.1. The summed E-state index contributed by atoms with van der Waals surface area (Å²) in [6.07, 6.45) is 4.68. The number of rotatable bonds is 5. The SMILES string of the molecule is CCc1nc2ncc(N3CCNCC3)cn2c1N(C)c1nc(-c2ccc(F)cc2)c(C#N)s1.Cl. The molecule has 0 radical (unpaired) electrons. The number of hydrogen-bond donors (Lipinski definition) is 1. The first-order chi connectivity index (χ1) is 16.1. The highest BCUT2D eigenvalue weighted by molar-refractivity contribution is 7.16. The molecule has 176 valence electrons. The Morgan fingerprint density at radius 3 is 2.62 bits per heavy atom. The van der Waals surface area contributed by atoms with Crippen LogP contribution in [-0.2, 0) is 6.42 Å². The highest BCUT2D eigenvalue weighted by atomic mass is 35.5. The summed E-state index contributed by atoms with van der Waals surface area (Å²) in [5.74, 6) is 1.18. The lowest BCUT2D eigenvalue weighted by molar-refractivity contribution is 0.588. The third-order valence-electron chi connectivity index (χ3n) is 5.77. The molecule has 11 heteroatoms. The van der Waals surface area contributed by atoms with Gasteiger partial charge in [-0.1, -0.05) is 18.3 Å². The first kappa shape index (κ1) is 23.9. The van der Waals surface area contributed by atoms with Crippen LogP contribution in [0.3, 0.4) is 0 Å². The van der Waals surface area contributed by atoms with Crippen LogP contribution in [0.1, 0.15) is 17.5 Å². The summed E-state index contributed by atoms with van der Waals surface area (Å²) in [5.41, 5.74) is 3.21. The van der Waals surface area contributed by atoms with E-state index in [4.69, 9.17) is 9.97 Å². The largest absolute Gasteiger partial charge is 0.367 e. The van der Waals surface area contributed by atoms with Crippen LogP contribution in [0.4, 0.5) is 21.0 Å². The molecule has 1 aliphatic heterocycles. The summed E-state index contributed by atoms with van der Waals surface area (Å²) in [6.45, 7) is 5.79. The Morgan fingerprint density at radius 1 is 1.21 bits per heavy atom. The Hall–Kier alpha value is -3.26. The minimum absolute atomic E-state index is 0. The molecule has 1 saturated heterocycles. The molecule has 4 heterocycles. The van der Waals surface area contributed by atoms with Gasteiger partial charge < -0.3 is 15.1 Å². The minimum Gasteiger partial charge on any atom is -0.367 e. The molecule has 0 saturated carbocycles. The van der Waals surface area contributed by atoms with Gasteiger partial charge in [-0.2, -0.15) is 5.26 Å². The van der Waals surface area contributed by atoms with E-state index in [1.807, 2.05) is 22.5 Å². The number of thiazole rings is 1. The van der Waals surface area contributed by atoms with Crippen molar-refractivity contribution < 1.29 is 4.39 Å². The van der Waals surface area contributed by atoms with Crippen LogP contribution in [0.25, 0.3) is 17.0 Å². The van der Waals surface area contributed by atoms with Crippen molar-refractivity contribution >= 4 is 46.2 Å². The molecule has 1 aromatic carbocycles. The maximum absolute atomic E-state index is 13.4. The van der Waals surface area contributed by atoms with Crippen molar-refractivity contribution in [2.45, 2.75) is 13.3 Å². The van der Waals surface area contributed by atoms with E-state index in [1.165, 1.54) is 23.5 Å². The average Bonchev–Trinajstić information content (AvgIpc) is 3.46. The van der Waals surface area contributed by atoms with Crippen LogP contribution >= 0.6 is 23.7 Å². The molecule has 1 fully saturated rings. The molecule has 8 nitrogen and oxygen atoms in total. The third-order valence-corrected chi connectivity index (χ3v) is 6.80. The second-order valence-corrected chi connectivity index (χ2v) is 8.78. The first-order valence-corrected chi connectivity index (χ1v) is 11.6. The standard InChI is InChI=1S/C23H23FN8S.ClH/c1-3-18-21(32-14-17(13-27-22(32)28-18)31-10-8-26-9-11-31)30(2)23-29-20(19(12-25)33-23)15-4-6-16(24)7-5-15;/h4-7,13-14,26H,3,8-11H2,1-2H3;1H. The van der Waals surface area contributed by atoms with Gasteiger partial charge in [0.15, 0.2) is 5.13 Å². The van der Waals surface area contributed by atoms with Gasteiger partial charge in [0.25, 0.3) is 0 Å². The van der Waals surface area contributed by atoms with E-state index in [1.54, 1.807) is 12.1 Å². The quantitative estimate of drug-likeness (QED) is 0.444. The highest BCUT2D eigenvalue weighted by Gasteiger charge is 2.23. The number of anilines is 3. The lowest BCUT2D eigenvalue weighted by Crippen LogP contribution is -2.43. The number of nitrogens with zero attached hydrogens (tertiary/aromatic N) is 7. The highest BCUT2D eigenvalue weighted by Crippen LogP contribution is 2.37. The van der Waals surface area contributed by atoms with Crippen molar-refractivity contribution in [2.24, 2.45) is 0 Å². The molecule has 5 rings (SSSR count). The van der Waals surface area contributed by atoms with Crippen molar-refractivity contribution in [2.75, 3.05) is 43.0 Å². The second-order valence-electron chi connectivity index (χ2n) is 7.81. The number of nitrogens with one attached hydrogen (secondary N) is 1. The zero-order valence-corrected chi connectivity index (χ0v) is 20.5. The van der Waals surface area contributed by atoms with Crippen molar-refractivity contribution in [3.8, 4) is 17.3 Å². The Labute approximate surface area is 207 Å². The molecule has 0 bridgehead atoms. The Bertz CT molecular complexity index is 1340. The molecule has 0 atom stereocenters. The van der Waals surface area contributed by atoms with Crippen molar-refractivity contribution in [1.82, 2.24) is 24.7 Å². The van der Waals surface area contributed by atoms with E-state index in [2.05, 4.69) is 34.4 Å². The molecular formula is C23H24ClFN8S. The fraction of sp³-hybridized carbons (Fsp3) is 0.304. The fourth-order valence-corrected chi connectivity index (χ4v) is 4.91. The molecule has 1 N–H and O–H groups in total. The van der Waals surface area contributed by atoms with Crippen LogP contribution in [0.15, 0.2) is 36.7 Å². The normalized spacial score (nSPS) is 13.5. The maximum atomic E-state index is 13.4. The van der Waals surface area contributed by atoms with Gasteiger partial charge in [0.1, 0.15) is 28.3 Å². The van der Waals surface area contributed by atoms with Gasteiger partial charge in [0.2, 0.25) is 5.78 Å². The smallest absolute Gasteiger partial charge is 0.235 e. The number of benzene rings is 1. The van der Waals surface area contributed by atoms with E-state index >= 15 is 0 Å². The number of hydrogen-bond acceptors (Lipinski definition) is 8. The summed E-state index contributed by atoms with van der Waals surface area (Å²) in [7, 11) is 1.93. The Morgan fingerprint density at radius 2 is 1.94 bits per heavy atom. The van der Waals surface area contributed by atoms with Gasteiger partial charge in [0, 0.05) is 45.0 Å². The minimum atomic E-state index is -0.323. The van der Waals surface area contributed by atoms with Crippen LogP contribution in [0.2, 0.25) is 0 Å². The van der Waals surface area contributed by atoms with Crippen molar-refractivity contribution in [1.29, 1.82) is 5.26 Å². The molecule has 0 aliphatic carbocycles. The fourth-order valence-electron chi connectivity index (χ4n) is 4.06. The molecule has 0 spiro atoms. The molecule has 1 aliphatic rings. The van der Waals surface area contributed by atoms with Crippen molar-refractivity contribution in [3.05, 3.63) is 53.0 Å². The van der Waals surface area contributed by atoms with E-state index < -0.39 is 0 Å². The Balaban J connectivity index is 0.00000274. The molecule has 4 aromatic rings. The zero-order valence-electron chi connectivity index (χ0n) is 18.8. The van der Waals surface area contributed by atoms with E-state index in [9.17, 15) is 9.65 Å². The predicted molar refractivity (Wildman–Crippen MR) is 135 cm³/mol. The topological polar surface area (TPSA) is 85.4 Å². The summed E-state index contributed by atoms with van der Waals surface area (Å²) in [6, 6.07) is 8.28. The number of aromatic nitrogens is 4. The average molecular weight is 499 g/mol. The van der Waals surface area contributed by atoms with Gasteiger partial charge in [-0.05, 0) is 30.7 Å². The number of piperazine rings is 1. The predicted octanol–water partition coefficient (Wildman–Crippen LogP) is 4.03. The molecule has 0 amide bonds. The third kappa shape index (κ3) is 4.30. The monoisotopic (exact) mass is 498 g/mol. The van der Waals surface area contributed by atoms with E-state index in [0.29, 0.717) is 27.0 Å². The van der Waals surface area contributed by atoms with E-state index in [-0.39, 0.29) is 18.2 Å². The van der Waals surface area contributed by atoms with Gasteiger partial charge in [-0.3, -0.25) is 4.40 Å². The summed E-state index contributed by atoms with van der Waals surface area (Å²) in [5, 5.41) is 13.7. The molecule has 0 unspecified atom stereocenters. The zero-order chi connectivity index (χ0) is 22.9. The van der Waals surface area contributed by atoms with E-state index in [0.717, 1.165) is 49.8 Å². The molecule has 34 heavy (non-hydrogen) atoms. The number of halogens is 2. The van der Waals surface area contributed by atoms with Gasteiger partial charge in [-0.15, -0.1) is 12.4 Å². The summed E-state index contributed by atoms with van der Waals surface area (Å²) < 4.78 is 15.4. The van der Waals surface area contributed by atoms with Crippen LogP contribution in [0.5, 0.6) is 0 Å². The number of nitriles is 1. The second kappa shape index (κ2) is 9.93.